The van der Waals surface area contributed by atoms with Gasteiger partial charge in [0.2, 0.25) is 0 Å². The van der Waals surface area contributed by atoms with E-state index in [-0.39, 0.29) is 18.5 Å². The van der Waals surface area contributed by atoms with Crippen LogP contribution in [-0.4, -0.2) is 38.3 Å². The molecule has 0 spiro atoms. The van der Waals surface area contributed by atoms with Crippen molar-refractivity contribution in [2.45, 2.75) is 33.7 Å². The summed E-state index contributed by atoms with van der Waals surface area (Å²) in [5, 5.41) is 16.8. The second-order valence-corrected chi connectivity index (χ2v) is 7.29. The summed E-state index contributed by atoms with van der Waals surface area (Å²) in [5.41, 5.74) is 3.77. The van der Waals surface area contributed by atoms with E-state index >= 15 is 0 Å². The minimum absolute atomic E-state index is 0.0518. The van der Waals surface area contributed by atoms with Gasteiger partial charge in [0.25, 0.3) is 5.91 Å². The first-order chi connectivity index (χ1) is 13.3. The number of carbonyl (C=O) groups excluding carboxylic acids is 1. The van der Waals surface area contributed by atoms with Gasteiger partial charge in [-0.25, -0.2) is 9.67 Å². The Labute approximate surface area is 163 Å². The normalized spacial score (nSPS) is 12.3. The summed E-state index contributed by atoms with van der Waals surface area (Å²) >= 11 is 0. The smallest absolute Gasteiger partial charge is 0.308 e. The molecule has 0 radical (unpaired) electrons. The van der Waals surface area contributed by atoms with Crippen LogP contribution >= 0.6 is 0 Å². The molecule has 7 heteroatoms. The molecule has 3 rings (SSSR count). The molecule has 0 saturated heterocycles. The number of nitrogens with zero attached hydrogens (tertiary/aromatic N) is 3. The van der Waals surface area contributed by atoms with Crippen molar-refractivity contribution < 1.29 is 14.7 Å². The van der Waals surface area contributed by atoms with Crippen LogP contribution in [-0.2, 0) is 4.79 Å². The lowest BCUT2D eigenvalue weighted by molar-refractivity contribution is -0.140. The van der Waals surface area contributed by atoms with E-state index in [4.69, 9.17) is 10.1 Å². The average molecular weight is 380 g/mol. The van der Waals surface area contributed by atoms with E-state index in [0.29, 0.717) is 22.3 Å². The summed E-state index contributed by atoms with van der Waals surface area (Å²) in [4.78, 5) is 28.6. The largest absolute Gasteiger partial charge is 0.481 e. The number of amides is 1. The third kappa shape index (κ3) is 3.88. The minimum atomic E-state index is -0.951. The average Bonchev–Trinajstić information content (AvgIpc) is 3.09. The highest BCUT2D eigenvalue weighted by molar-refractivity contribution is 6.06. The highest BCUT2D eigenvalue weighted by Gasteiger charge is 2.20. The molecule has 0 aliphatic rings. The zero-order valence-corrected chi connectivity index (χ0v) is 16.4. The van der Waals surface area contributed by atoms with Gasteiger partial charge in [-0.15, -0.1) is 0 Å². The molecule has 0 aliphatic heterocycles. The first kappa shape index (κ1) is 19.5. The fourth-order valence-electron chi connectivity index (χ4n) is 2.88. The van der Waals surface area contributed by atoms with Crippen molar-refractivity contribution in [2.75, 3.05) is 6.54 Å². The number of aryl methyl sites for hydroxylation is 1. The molecule has 146 valence electrons. The number of carboxylic acids is 1. The van der Waals surface area contributed by atoms with Gasteiger partial charge < -0.3 is 10.4 Å². The van der Waals surface area contributed by atoms with Crippen molar-refractivity contribution in [3.8, 4) is 11.3 Å². The summed E-state index contributed by atoms with van der Waals surface area (Å²) in [7, 11) is 0. The lowest BCUT2D eigenvalue weighted by Gasteiger charge is -2.12. The number of aromatic nitrogens is 3. The molecule has 2 aromatic heterocycles. The Morgan fingerprint density at radius 1 is 1.18 bits per heavy atom. The number of carboxylic acid groups (broad SMARTS) is 1. The molecule has 0 aliphatic carbocycles. The number of hydrogen-bond donors (Lipinski definition) is 2. The molecule has 1 unspecified atom stereocenters. The summed E-state index contributed by atoms with van der Waals surface area (Å²) in [6.45, 7) is 7.62. The monoisotopic (exact) mass is 380 g/mol. The number of nitrogens with one attached hydrogen (secondary N) is 1. The zero-order chi connectivity index (χ0) is 20.4. The Morgan fingerprint density at radius 3 is 2.46 bits per heavy atom. The third-order valence-electron chi connectivity index (χ3n) is 4.64. The van der Waals surface area contributed by atoms with Gasteiger partial charge in [-0.3, -0.25) is 9.59 Å². The summed E-state index contributed by atoms with van der Waals surface area (Å²) in [5.74, 6) is -1.96. The third-order valence-corrected chi connectivity index (χ3v) is 4.64. The van der Waals surface area contributed by atoms with E-state index in [2.05, 4.69) is 10.4 Å². The molecule has 2 heterocycles. The lowest BCUT2D eigenvalue weighted by atomic mass is 10.0. The molecule has 7 nitrogen and oxygen atoms in total. The van der Waals surface area contributed by atoms with Crippen molar-refractivity contribution in [3.63, 3.8) is 0 Å². The van der Waals surface area contributed by atoms with Gasteiger partial charge in [-0.1, -0.05) is 36.8 Å². The van der Waals surface area contributed by atoms with Gasteiger partial charge in [0.05, 0.1) is 28.8 Å². The van der Waals surface area contributed by atoms with Crippen LogP contribution in [0.15, 0.2) is 36.5 Å². The molecular formula is C21H24N4O3. The number of pyridine rings is 1. The number of carbonyl (C=O) groups is 2. The van der Waals surface area contributed by atoms with E-state index in [1.54, 1.807) is 23.9 Å². The molecule has 0 fully saturated rings. The number of benzene rings is 1. The summed E-state index contributed by atoms with van der Waals surface area (Å²) < 4.78 is 1.78. The molecule has 1 atom stereocenters. The minimum Gasteiger partial charge on any atom is -0.481 e. The van der Waals surface area contributed by atoms with Crippen molar-refractivity contribution in [3.05, 3.63) is 47.7 Å². The van der Waals surface area contributed by atoms with Crippen molar-refractivity contribution in [1.82, 2.24) is 20.1 Å². The standard InChI is InChI=1S/C21H24N4O3/c1-12(2)25-19-17(11-23-25)16(20(26)22-10-14(4)21(27)28)9-18(24-19)15-7-5-13(3)6-8-15/h5-9,11-12,14H,10H2,1-4H3,(H,22,26)(H,27,28). The Bertz CT molecular complexity index is 1020. The first-order valence-electron chi connectivity index (χ1n) is 9.24. The van der Waals surface area contributed by atoms with Crippen LogP contribution in [0.5, 0.6) is 0 Å². The van der Waals surface area contributed by atoms with Gasteiger partial charge in [0.15, 0.2) is 5.65 Å². The lowest BCUT2D eigenvalue weighted by Crippen LogP contribution is -2.31. The Hall–Kier alpha value is -3.22. The van der Waals surface area contributed by atoms with Gasteiger partial charge >= 0.3 is 5.97 Å². The maximum absolute atomic E-state index is 12.8. The van der Waals surface area contributed by atoms with Crippen LogP contribution in [0.25, 0.3) is 22.3 Å². The van der Waals surface area contributed by atoms with Crippen LogP contribution in [0.3, 0.4) is 0 Å². The molecule has 2 N–H and O–H groups in total. The Balaban J connectivity index is 2.08. The van der Waals surface area contributed by atoms with Crippen LogP contribution in [0.2, 0.25) is 0 Å². The molecule has 3 aromatic rings. The van der Waals surface area contributed by atoms with Gasteiger partial charge in [0.1, 0.15) is 0 Å². The van der Waals surface area contributed by atoms with Crippen LogP contribution in [0.4, 0.5) is 0 Å². The Morgan fingerprint density at radius 2 is 1.86 bits per heavy atom. The molecule has 1 amide bonds. The van der Waals surface area contributed by atoms with E-state index in [9.17, 15) is 9.59 Å². The maximum Gasteiger partial charge on any atom is 0.308 e. The maximum atomic E-state index is 12.8. The Kier molecular flexibility index (Phi) is 5.44. The summed E-state index contributed by atoms with van der Waals surface area (Å²) in [6, 6.07) is 9.74. The molecule has 1 aromatic carbocycles. The fourth-order valence-corrected chi connectivity index (χ4v) is 2.88. The predicted octanol–water partition coefficient (Wildman–Crippen LogP) is 3.44. The SMILES string of the molecule is Cc1ccc(-c2cc(C(=O)NCC(C)C(=O)O)c3cnn(C(C)C)c3n2)cc1. The highest BCUT2D eigenvalue weighted by atomic mass is 16.4. The summed E-state index contributed by atoms with van der Waals surface area (Å²) in [6.07, 6.45) is 1.64. The molecule has 0 saturated carbocycles. The first-order valence-corrected chi connectivity index (χ1v) is 9.24. The van der Waals surface area contributed by atoms with Gasteiger partial charge in [0, 0.05) is 18.2 Å². The zero-order valence-electron chi connectivity index (χ0n) is 16.4. The van der Waals surface area contributed by atoms with Crippen LogP contribution < -0.4 is 5.32 Å². The molecule has 28 heavy (non-hydrogen) atoms. The van der Waals surface area contributed by atoms with E-state index in [0.717, 1.165) is 11.1 Å². The number of fused-ring (bicyclic) bond motifs is 1. The second kappa shape index (κ2) is 7.80. The number of aliphatic carboxylic acids is 1. The predicted molar refractivity (Wildman–Crippen MR) is 107 cm³/mol. The second-order valence-electron chi connectivity index (χ2n) is 7.29. The van der Waals surface area contributed by atoms with Gasteiger partial charge in [-0.2, -0.15) is 5.10 Å². The van der Waals surface area contributed by atoms with E-state index in [1.807, 2.05) is 45.0 Å². The molecule has 0 bridgehead atoms. The quantitative estimate of drug-likeness (QED) is 0.683. The number of hydrogen-bond acceptors (Lipinski definition) is 4. The van der Waals surface area contributed by atoms with E-state index in [1.165, 1.54) is 0 Å². The van der Waals surface area contributed by atoms with Crippen molar-refractivity contribution in [1.29, 1.82) is 0 Å². The highest BCUT2D eigenvalue weighted by Crippen LogP contribution is 2.26. The molecular weight excluding hydrogens is 356 g/mol. The van der Waals surface area contributed by atoms with Crippen molar-refractivity contribution >= 4 is 22.9 Å². The number of rotatable bonds is 6. The van der Waals surface area contributed by atoms with Crippen molar-refractivity contribution in [2.24, 2.45) is 5.92 Å². The van der Waals surface area contributed by atoms with Crippen LogP contribution in [0.1, 0.15) is 42.7 Å². The topological polar surface area (TPSA) is 97.1 Å². The van der Waals surface area contributed by atoms with E-state index < -0.39 is 11.9 Å². The van der Waals surface area contributed by atoms with Gasteiger partial charge in [-0.05, 0) is 26.8 Å². The fraction of sp³-hybridized carbons (Fsp3) is 0.333. The van der Waals surface area contributed by atoms with Crippen LogP contribution in [0, 0.1) is 12.8 Å².